The molecule has 2 saturated heterocycles. The first-order valence-electron chi connectivity index (χ1n) is 7.24. The van der Waals surface area contributed by atoms with Crippen molar-refractivity contribution in [3.63, 3.8) is 0 Å². The van der Waals surface area contributed by atoms with Gasteiger partial charge in [0.1, 0.15) is 0 Å². The monoisotopic (exact) mass is 240 g/mol. The summed E-state index contributed by atoms with van der Waals surface area (Å²) in [6.07, 6.45) is 5.32. The van der Waals surface area contributed by atoms with Gasteiger partial charge < -0.3 is 15.0 Å². The van der Waals surface area contributed by atoms with E-state index in [1.165, 1.54) is 45.3 Å². The van der Waals surface area contributed by atoms with E-state index < -0.39 is 0 Å². The number of nitrogens with one attached hydrogen (secondary N) is 1. The molecule has 0 spiro atoms. The van der Waals surface area contributed by atoms with Gasteiger partial charge >= 0.3 is 0 Å². The minimum atomic E-state index is 0.368. The van der Waals surface area contributed by atoms with Crippen LogP contribution in [-0.4, -0.2) is 50.3 Å². The van der Waals surface area contributed by atoms with E-state index in [1.54, 1.807) is 0 Å². The molecule has 0 aromatic carbocycles. The van der Waals surface area contributed by atoms with Crippen LogP contribution in [0, 0.1) is 5.41 Å². The maximum Gasteiger partial charge on any atom is 0.0546 e. The SMILES string of the molecule is CC(C)NCC1(CN2CCCC2)CCCOC1. The zero-order valence-corrected chi connectivity index (χ0v) is 11.5. The van der Waals surface area contributed by atoms with Crippen LogP contribution in [0.2, 0.25) is 0 Å². The topological polar surface area (TPSA) is 24.5 Å². The van der Waals surface area contributed by atoms with Crippen LogP contribution in [0.25, 0.3) is 0 Å². The van der Waals surface area contributed by atoms with Gasteiger partial charge in [-0.1, -0.05) is 13.8 Å². The van der Waals surface area contributed by atoms with E-state index in [2.05, 4.69) is 24.1 Å². The number of rotatable bonds is 5. The summed E-state index contributed by atoms with van der Waals surface area (Å²) < 4.78 is 5.76. The number of hydrogen-bond acceptors (Lipinski definition) is 3. The molecular formula is C14H28N2O. The van der Waals surface area contributed by atoms with Gasteiger partial charge in [-0.25, -0.2) is 0 Å². The maximum atomic E-state index is 5.76. The van der Waals surface area contributed by atoms with E-state index >= 15 is 0 Å². The van der Waals surface area contributed by atoms with Crippen LogP contribution < -0.4 is 5.32 Å². The molecule has 0 saturated carbocycles. The highest BCUT2D eigenvalue weighted by atomic mass is 16.5. The molecule has 0 bridgehead atoms. The molecule has 0 amide bonds. The first kappa shape index (κ1) is 13.3. The summed E-state index contributed by atoms with van der Waals surface area (Å²) in [5, 5.41) is 3.62. The van der Waals surface area contributed by atoms with Crippen LogP contribution in [0.15, 0.2) is 0 Å². The van der Waals surface area contributed by atoms with Crippen molar-refractivity contribution in [3.8, 4) is 0 Å². The summed E-state index contributed by atoms with van der Waals surface area (Å²) >= 11 is 0. The Kier molecular flexibility index (Phi) is 4.83. The second kappa shape index (κ2) is 6.17. The zero-order chi connectivity index (χ0) is 12.1. The van der Waals surface area contributed by atoms with Crippen LogP contribution in [-0.2, 0) is 4.74 Å². The standard InChI is InChI=1S/C14H28N2O/c1-13(2)15-10-14(6-5-9-17-12-14)11-16-7-3-4-8-16/h13,15H,3-12H2,1-2H3. The second-order valence-electron chi connectivity index (χ2n) is 6.17. The van der Waals surface area contributed by atoms with Crippen molar-refractivity contribution in [2.75, 3.05) is 39.4 Å². The second-order valence-corrected chi connectivity index (χ2v) is 6.17. The van der Waals surface area contributed by atoms with E-state index in [4.69, 9.17) is 4.74 Å². The van der Waals surface area contributed by atoms with Crippen molar-refractivity contribution >= 4 is 0 Å². The van der Waals surface area contributed by atoms with Gasteiger partial charge in [-0.2, -0.15) is 0 Å². The molecule has 1 atom stereocenters. The fourth-order valence-electron chi connectivity index (χ4n) is 3.07. The summed E-state index contributed by atoms with van der Waals surface area (Å²) in [5.41, 5.74) is 0.368. The minimum absolute atomic E-state index is 0.368. The van der Waals surface area contributed by atoms with Gasteiger partial charge in [-0.3, -0.25) is 0 Å². The summed E-state index contributed by atoms with van der Waals surface area (Å²) in [5.74, 6) is 0. The summed E-state index contributed by atoms with van der Waals surface area (Å²) in [6, 6.07) is 0.576. The summed E-state index contributed by atoms with van der Waals surface area (Å²) in [6.45, 7) is 11.3. The molecule has 2 aliphatic heterocycles. The number of likely N-dealkylation sites (tertiary alicyclic amines) is 1. The summed E-state index contributed by atoms with van der Waals surface area (Å²) in [4.78, 5) is 2.64. The largest absolute Gasteiger partial charge is 0.381 e. The normalized spacial score (nSPS) is 31.2. The van der Waals surface area contributed by atoms with Crippen molar-refractivity contribution in [1.29, 1.82) is 0 Å². The molecule has 2 fully saturated rings. The quantitative estimate of drug-likeness (QED) is 0.794. The molecule has 1 N–H and O–H groups in total. The van der Waals surface area contributed by atoms with Crippen LogP contribution in [0.5, 0.6) is 0 Å². The van der Waals surface area contributed by atoms with Gasteiger partial charge in [-0.15, -0.1) is 0 Å². The van der Waals surface area contributed by atoms with Crippen molar-refractivity contribution in [2.45, 2.75) is 45.6 Å². The van der Waals surface area contributed by atoms with Gasteiger partial charge in [0, 0.05) is 31.2 Å². The molecule has 0 radical (unpaired) electrons. The van der Waals surface area contributed by atoms with Crippen LogP contribution in [0.1, 0.15) is 39.5 Å². The lowest BCUT2D eigenvalue weighted by Crippen LogP contribution is -2.49. The lowest BCUT2D eigenvalue weighted by atomic mass is 9.81. The highest BCUT2D eigenvalue weighted by Gasteiger charge is 2.35. The molecule has 2 rings (SSSR count). The lowest BCUT2D eigenvalue weighted by molar-refractivity contribution is -0.0238. The average molecular weight is 240 g/mol. The van der Waals surface area contributed by atoms with Gasteiger partial charge in [0.2, 0.25) is 0 Å². The molecule has 100 valence electrons. The third kappa shape index (κ3) is 3.94. The Morgan fingerprint density at radius 3 is 2.59 bits per heavy atom. The molecule has 2 aliphatic rings. The Balaban J connectivity index is 1.90. The van der Waals surface area contributed by atoms with Crippen LogP contribution in [0.3, 0.4) is 0 Å². The van der Waals surface area contributed by atoms with Crippen LogP contribution in [0.4, 0.5) is 0 Å². The smallest absolute Gasteiger partial charge is 0.0546 e. The minimum Gasteiger partial charge on any atom is -0.381 e. The van der Waals surface area contributed by atoms with Crippen molar-refractivity contribution in [2.24, 2.45) is 5.41 Å². The highest BCUT2D eigenvalue weighted by Crippen LogP contribution is 2.30. The zero-order valence-electron chi connectivity index (χ0n) is 11.5. The molecule has 0 aliphatic carbocycles. The number of nitrogens with zero attached hydrogens (tertiary/aromatic N) is 1. The number of ether oxygens (including phenoxy) is 1. The molecule has 0 aromatic heterocycles. The predicted octanol–water partition coefficient (Wildman–Crippen LogP) is 1.88. The molecular weight excluding hydrogens is 212 g/mol. The first-order chi connectivity index (χ1) is 8.20. The van der Waals surface area contributed by atoms with E-state index in [-0.39, 0.29) is 0 Å². The van der Waals surface area contributed by atoms with E-state index in [0.717, 1.165) is 19.8 Å². The fourth-order valence-corrected chi connectivity index (χ4v) is 3.07. The van der Waals surface area contributed by atoms with E-state index in [1.807, 2.05) is 0 Å². The van der Waals surface area contributed by atoms with Crippen LogP contribution >= 0.6 is 0 Å². The van der Waals surface area contributed by atoms with E-state index in [0.29, 0.717) is 11.5 Å². The Morgan fingerprint density at radius 1 is 1.24 bits per heavy atom. The maximum absolute atomic E-state index is 5.76. The molecule has 1 unspecified atom stereocenters. The van der Waals surface area contributed by atoms with Crippen molar-refractivity contribution in [1.82, 2.24) is 10.2 Å². The average Bonchev–Trinajstić information content (AvgIpc) is 2.80. The fraction of sp³-hybridized carbons (Fsp3) is 1.00. The molecule has 3 heteroatoms. The Hall–Kier alpha value is -0.120. The van der Waals surface area contributed by atoms with Crippen molar-refractivity contribution in [3.05, 3.63) is 0 Å². The summed E-state index contributed by atoms with van der Waals surface area (Å²) in [7, 11) is 0. The van der Waals surface area contributed by atoms with Crippen molar-refractivity contribution < 1.29 is 4.74 Å². The van der Waals surface area contributed by atoms with Gasteiger partial charge in [0.15, 0.2) is 0 Å². The molecule has 2 heterocycles. The lowest BCUT2D eigenvalue weighted by Gasteiger charge is -2.40. The Morgan fingerprint density at radius 2 is 2.00 bits per heavy atom. The van der Waals surface area contributed by atoms with Gasteiger partial charge in [0.05, 0.1) is 6.61 Å². The third-order valence-corrected chi connectivity index (χ3v) is 4.05. The van der Waals surface area contributed by atoms with Gasteiger partial charge in [0.25, 0.3) is 0 Å². The molecule has 17 heavy (non-hydrogen) atoms. The van der Waals surface area contributed by atoms with Gasteiger partial charge in [-0.05, 0) is 38.8 Å². The highest BCUT2D eigenvalue weighted by molar-refractivity contribution is 4.88. The van der Waals surface area contributed by atoms with E-state index in [9.17, 15) is 0 Å². The first-order valence-corrected chi connectivity index (χ1v) is 7.24. The molecule has 0 aromatic rings. The Bertz CT molecular complexity index is 218. The molecule has 3 nitrogen and oxygen atoms in total. The third-order valence-electron chi connectivity index (χ3n) is 4.05. The predicted molar refractivity (Wildman–Crippen MR) is 71.3 cm³/mol. The Labute approximate surface area is 106 Å². The number of hydrogen-bond donors (Lipinski definition) is 1.